The van der Waals surface area contributed by atoms with Crippen LogP contribution in [0.25, 0.3) is 0 Å². The lowest BCUT2D eigenvalue weighted by Gasteiger charge is -2.48. The molecule has 5 unspecified atom stereocenters. The van der Waals surface area contributed by atoms with E-state index in [2.05, 4.69) is 16.0 Å². The Labute approximate surface area is 542 Å². The molecule has 0 saturated carbocycles. The van der Waals surface area contributed by atoms with Crippen molar-refractivity contribution in [1.82, 2.24) is 16.0 Å². The fraction of sp³-hybridized carbons (Fsp3) is 0.750. The van der Waals surface area contributed by atoms with Crippen molar-refractivity contribution in [3.05, 3.63) is 85.1 Å². The minimum Gasteiger partial charge on any atom is -0.462 e. The van der Waals surface area contributed by atoms with Crippen LogP contribution in [0.1, 0.15) is 92.4 Å². The molecule has 0 aromatic rings. The second kappa shape index (κ2) is 38.9. The molecule has 5 heterocycles. The summed E-state index contributed by atoms with van der Waals surface area (Å²) in [6, 6.07) is -1.47. The van der Waals surface area contributed by atoms with Crippen LogP contribution in [-0.2, 0) is 42.7 Å². The summed E-state index contributed by atoms with van der Waals surface area (Å²) >= 11 is 0. The van der Waals surface area contributed by atoms with E-state index in [1.165, 1.54) is 13.0 Å². The number of allylic oxidation sites excluding steroid dienone is 12. The molecule has 4 saturated heterocycles. The summed E-state index contributed by atoms with van der Waals surface area (Å²) in [5.74, 6) is -8.76. The third-order valence-corrected chi connectivity index (χ3v) is 17.4. The van der Waals surface area contributed by atoms with Gasteiger partial charge in [-0.3, -0.25) is 9.59 Å². The third-order valence-electron chi connectivity index (χ3n) is 17.4. The Morgan fingerprint density at radius 1 is 0.613 bits per heavy atom. The van der Waals surface area contributed by atoms with Gasteiger partial charge in [-0.15, -0.1) is 0 Å². The summed E-state index contributed by atoms with van der Waals surface area (Å²) in [4.78, 5) is 26.9. The highest BCUT2D eigenvalue weighted by molar-refractivity contribution is 5.80. The summed E-state index contributed by atoms with van der Waals surface area (Å²) in [7, 11) is 0. The van der Waals surface area contributed by atoms with Gasteiger partial charge in [0.25, 0.3) is 0 Å². The molecule has 0 radical (unpaired) electrons. The molecular formula is C64H105N3O26. The lowest BCUT2D eigenvalue weighted by atomic mass is 9.82. The van der Waals surface area contributed by atoms with Gasteiger partial charge in [0.1, 0.15) is 54.9 Å². The lowest BCUT2D eigenvalue weighted by molar-refractivity contribution is -0.368. The molecule has 0 spiro atoms. The number of nitrogens with one attached hydrogen (secondary N) is 3. The molecule has 2 bridgehead atoms. The molecule has 5 rings (SSSR count). The Morgan fingerprint density at radius 3 is 1.87 bits per heavy atom. The maximum Gasteiger partial charge on any atom is 0.308 e. The smallest absolute Gasteiger partial charge is 0.308 e. The van der Waals surface area contributed by atoms with Crippen LogP contribution in [0.3, 0.4) is 0 Å². The van der Waals surface area contributed by atoms with Crippen LogP contribution >= 0.6 is 0 Å². The normalized spacial score (nSPS) is 45.4. The van der Waals surface area contributed by atoms with Gasteiger partial charge in [-0.25, -0.2) is 0 Å². The average molecular weight is 1330 g/mol. The number of rotatable bonds is 14. The van der Waals surface area contributed by atoms with Gasteiger partial charge in [0.05, 0.1) is 105 Å². The predicted octanol–water partition coefficient (Wildman–Crippen LogP) is -4.00. The molecule has 28 atom stereocenters. The van der Waals surface area contributed by atoms with Gasteiger partial charge in [0, 0.05) is 50.6 Å². The predicted molar refractivity (Wildman–Crippen MR) is 331 cm³/mol. The van der Waals surface area contributed by atoms with E-state index in [-0.39, 0.29) is 38.1 Å². The first kappa shape index (κ1) is 79.8. The van der Waals surface area contributed by atoms with E-state index in [1.807, 2.05) is 13.8 Å². The molecule has 29 nitrogen and oxygen atoms in total. The largest absolute Gasteiger partial charge is 0.462 e. The molecule has 1 amide bonds. The highest BCUT2D eigenvalue weighted by atomic mass is 16.7. The zero-order valence-electron chi connectivity index (χ0n) is 53.5. The number of aliphatic hydroxyl groups excluding tert-OH is 15. The Morgan fingerprint density at radius 2 is 1.24 bits per heavy atom. The lowest BCUT2D eigenvalue weighted by Crippen LogP contribution is -2.70. The Bertz CT molecular complexity index is 2440. The number of ether oxygens (including phenoxy) is 7. The molecule has 20 N–H and O–H groups in total. The van der Waals surface area contributed by atoms with Crippen LogP contribution in [0.4, 0.5) is 0 Å². The van der Waals surface area contributed by atoms with Crippen LogP contribution in [0.2, 0.25) is 0 Å². The molecule has 29 heteroatoms. The summed E-state index contributed by atoms with van der Waals surface area (Å²) in [5.41, 5.74) is 0. The van der Waals surface area contributed by atoms with Crippen LogP contribution < -0.4 is 16.0 Å². The SMILES string of the molecule is CCCNCCNC(=O)C1C2C[C@@H](OC3O[C@H](C)[C@@H](O)[C@H](NC[C@@]4(O)OC[C@@H](O)[C@@H](OC5O[C@H](CO)[C@H](O)[C@H](O)[C@H]5O)[C@@H]4O)[C@@H]3O)/C=C/C=C/C=C/C=C/C=C/C=C/C=C/[C@H](C)[C@@H](O)C(C)[C@H](C)OC(=O)C[C@H](O)C[C@H](O)CC[C@@H](O)[C@H](O)C[C@H](O)C[C@](O)(C[C@@H]1O)O2. The Balaban J connectivity index is 1.42. The molecule has 0 aromatic heterocycles. The number of esters is 1. The van der Waals surface area contributed by atoms with Crippen molar-refractivity contribution < 1.29 is 130 Å². The van der Waals surface area contributed by atoms with Gasteiger partial charge in [0.15, 0.2) is 18.4 Å². The van der Waals surface area contributed by atoms with E-state index in [1.54, 1.807) is 92.8 Å². The first-order chi connectivity index (χ1) is 44.0. The van der Waals surface area contributed by atoms with E-state index >= 15 is 0 Å². The number of hydrogen-bond donors (Lipinski definition) is 20. The molecule has 93 heavy (non-hydrogen) atoms. The van der Waals surface area contributed by atoms with Gasteiger partial charge in [-0.1, -0.05) is 106 Å². The summed E-state index contributed by atoms with van der Waals surface area (Å²) < 4.78 is 40.8. The van der Waals surface area contributed by atoms with E-state index in [0.717, 1.165) is 6.42 Å². The Kier molecular flexibility index (Phi) is 33.4. The topological polar surface area (TPSA) is 479 Å². The second-order valence-electron chi connectivity index (χ2n) is 25.1. The fourth-order valence-electron chi connectivity index (χ4n) is 11.7. The van der Waals surface area contributed by atoms with Crippen molar-refractivity contribution in [3.63, 3.8) is 0 Å². The van der Waals surface area contributed by atoms with Crippen molar-refractivity contribution in [1.29, 1.82) is 0 Å². The minimum absolute atomic E-state index is 0.119. The fourth-order valence-corrected chi connectivity index (χ4v) is 11.7. The number of aliphatic hydroxyl groups is 17. The molecule has 0 aliphatic carbocycles. The number of amides is 1. The van der Waals surface area contributed by atoms with E-state index in [9.17, 15) is 96.4 Å². The summed E-state index contributed by atoms with van der Waals surface area (Å²) in [5, 5.41) is 197. The zero-order valence-corrected chi connectivity index (χ0v) is 53.5. The van der Waals surface area contributed by atoms with Crippen LogP contribution in [0.15, 0.2) is 85.1 Å². The average Bonchev–Trinajstić information content (AvgIpc) is 0.800. The van der Waals surface area contributed by atoms with Crippen LogP contribution in [-0.4, -0.2) is 290 Å². The van der Waals surface area contributed by atoms with E-state index in [4.69, 9.17) is 33.2 Å². The first-order valence-corrected chi connectivity index (χ1v) is 32.1. The van der Waals surface area contributed by atoms with E-state index in [0.29, 0.717) is 13.1 Å². The van der Waals surface area contributed by atoms with Crippen LogP contribution in [0.5, 0.6) is 0 Å². The maximum absolute atomic E-state index is 14.1. The minimum atomic E-state index is -2.67. The van der Waals surface area contributed by atoms with Crippen molar-refractivity contribution in [2.45, 2.75) is 245 Å². The quantitative estimate of drug-likeness (QED) is 0.0582. The number of fused-ring (bicyclic) bond motifs is 2. The van der Waals surface area contributed by atoms with Gasteiger partial charge in [-0.2, -0.15) is 0 Å². The standard InChI is InChI=1S/C64H105N3O26/c1-6-23-65-24-25-66-60(84)50-45(74)31-63(85)30-41(71)27-44(73)43(72)22-21-39(69)26-40(70)28-49(76)88-37(4)36(3)52(77)35(2)19-17-15-13-11-9-7-8-10-12-14-16-18-20-42(29-47(50)93-63)90-61-55(80)51(53(78)38(5)89-61)67-34-64(86)59(83)58(46(75)33-87-64)92-62-57(82)56(81)54(79)48(32-68)91-62/h7-20,35-48,50-59,61-62,65,67-75,77-83,85-86H,6,21-34H2,1-5H3,(H,66,84)/b8-7+,11-9+,12-10+,15-13+,16-14+,19-17+,20-18+/t35-,36?,37-,38+,39+,40+,41-,42-,43+,44+,45-,46+,47?,48+,50?,51-,52+,53+,54-,55-,56-,57+,58+,59-,61?,62?,63+,64+/m0/s1. The monoisotopic (exact) mass is 1330 g/mol. The number of carbonyl (C=O) groups excluding carboxylic acids is 2. The van der Waals surface area contributed by atoms with Gasteiger partial charge < -0.3 is 136 Å². The van der Waals surface area contributed by atoms with E-state index < -0.39 is 221 Å². The van der Waals surface area contributed by atoms with Crippen molar-refractivity contribution in [2.24, 2.45) is 17.8 Å². The summed E-state index contributed by atoms with van der Waals surface area (Å²) in [6.45, 7) is 7.39. The van der Waals surface area contributed by atoms with Crippen molar-refractivity contribution in [2.75, 3.05) is 39.4 Å². The number of hydrogen-bond acceptors (Lipinski definition) is 28. The Hall–Kier alpha value is -3.88. The molecule has 4 fully saturated rings. The highest BCUT2D eigenvalue weighted by Gasteiger charge is 2.55. The summed E-state index contributed by atoms with van der Waals surface area (Å²) in [6.07, 6.45) is -12.7. The highest BCUT2D eigenvalue weighted by Crippen LogP contribution is 2.39. The first-order valence-electron chi connectivity index (χ1n) is 32.1. The van der Waals surface area contributed by atoms with Crippen molar-refractivity contribution >= 4 is 11.9 Å². The molecule has 5 aliphatic heterocycles. The molecule has 0 aromatic carbocycles. The van der Waals surface area contributed by atoms with Crippen molar-refractivity contribution in [3.8, 4) is 0 Å². The van der Waals surface area contributed by atoms with Gasteiger partial charge >= 0.3 is 5.97 Å². The van der Waals surface area contributed by atoms with Crippen LogP contribution in [0, 0.1) is 17.8 Å². The zero-order chi connectivity index (χ0) is 68.7. The number of carbonyl (C=O) groups is 2. The molecular weight excluding hydrogens is 1230 g/mol. The third kappa shape index (κ3) is 24.3. The molecule has 5 aliphatic rings. The second-order valence-corrected chi connectivity index (χ2v) is 25.1. The van der Waals surface area contributed by atoms with Gasteiger partial charge in [-0.05, 0) is 46.1 Å². The van der Waals surface area contributed by atoms with Gasteiger partial charge in [0.2, 0.25) is 11.7 Å². The maximum atomic E-state index is 14.1. The number of cyclic esters (lactones) is 1. The molecule has 532 valence electrons.